The molecule has 0 aliphatic rings. The lowest BCUT2D eigenvalue weighted by Gasteiger charge is -2.09. The van der Waals surface area contributed by atoms with Crippen molar-refractivity contribution >= 4 is 12.2 Å². The van der Waals surface area contributed by atoms with Crippen molar-refractivity contribution in [3.63, 3.8) is 0 Å². The average molecular weight is 284 g/mol. The van der Waals surface area contributed by atoms with E-state index in [0.29, 0.717) is 10.3 Å². The standard InChI is InChI=1S/C16H13FN2S/c1-11-9-13(7-8-14(11)17)19-15(10-18-16(19)20)12-5-3-2-4-6-12/h2-10H,1H3,(H,18,20). The third-order valence-electron chi connectivity index (χ3n) is 3.25. The van der Waals surface area contributed by atoms with Gasteiger partial charge in [0.25, 0.3) is 0 Å². The summed E-state index contributed by atoms with van der Waals surface area (Å²) in [5.41, 5.74) is 3.47. The first-order valence-electron chi connectivity index (χ1n) is 6.29. The van der Waals surface area contributed by atoms with Crippen molar-refractivity contribution < 1.29 is 4.39 Å². The summed E-state index contributed by atoms with van der Waals surface area (Å²) in [4.78, 5) is 3.05. The lowest BCUT2D eigenvalue weighted by molar-refractivity contribution is 0.618. The van der Waals surface area contributed by atoms with Gasteiger partial charge in [0.2, 0.25) is 0 Å². The Bertz CT molecular complexity index is 803. The van der Waals surface area contributed by atoms with Crippen LogP contribution in [0.2, 0.25) is 0 Å². The SMILES string of the molecule is Cc1cc(-n2c(-c3ccccc3)c[nH]c2=S)ccc1F. The van der Waals surface area contributed by atoms with Crippen molar-refractivity contribution in [2.75, 3.05) is 0 Å². The third-order valence-corrected chi connectivity index (χ3v) is 3.55. The van der Waals surface area contributed by atoms with Crippen LogP contribution in [-0.2, 0) is 0 Å². The molecule has 0 fully saturated rings. The molecule has 1 heterocycles. The minimum absolute atomic E-state index is 0.211. The van der Waals surface area contributed by atoms with Gasteiger partial charge in [0.15, 0.2) is 4.77 Å². The second kappa shape index (κ2) is 5.06. The first-order chi connectivity index (χ1) is 9.66. The number of imidazole rings is 1. The third kappa shape index (κ3) is 2.18. The van der Waals surface area contributed by atoms with Crippen LogP contribution < -0.4 is 0 Å². The molecule has 0 spiro atoms. The van der Waals surface area contributed by atoms with Gasteiger partial charge in [0.05, 0.1) is 5.69 Å². The highest BCUT2D eigenvalue weighted by atomic mass is 32.1. The molecule has 100 valence electrons. The van der Waals surface area contributed by atoms with E-state index in [2.05, 4.69) is 4.98 Å². The highest BCUT2D eigenvalue weighted by molar-refractivity contribution is 7.71. The van der Waals surface area contributed by atoms with Gasteiger partial charge in [-0.2, -0.15) is 0 Å². The van der Waals surface area contributed by atoms with Crippen LogP contribution in [-0.4, -0.2) is 9.55 Å². The van der Waals surface area contributed by atoms with Crippen molar-refractivity contribution in [1.29, 1.82) is 0 Å². The molecule has 1 aromatic heterocycles. The van der Waals surface area contributed by atoms with E-state index in [1.807, 2.05) is 41.1 Å². The molecule has 4 heteroatoms. The largest absolute Gasteiger partial charge is 0.336 e. The highest BCUT2D eigenvalue weighted by Crippen LogP contribution is 2.24. The molecule has 20 heavy (non-hydrogen) atoms. The Kier molecular flexibility index (Phi) is 3.24. The molecule has 0 bridgehead atoms. The van der Waals surface area contributed by atoms with Crippen LogP contribution in [0.5, 0.6) is 0 Å². The monoisotopic (exact) mass is 284 g/mol. The van der Waals surface area contributed by atoms with Gasteiger partial charge in [-0.05, 0) is 42.9 Å². The molecular formula is C16H13FN2S. The maximum Gasteiger partial charge on any atom is 0.182 e. The second-order valence-corrected chi connectivity index (χ2v) is 5.00. The zero-order valence-corrected chi connectivity index (χ0v) is 11.7. The molecule has 1 N–H and O–H groups in total. The number of nitrogens with one attached hydrogen (secondary N) is 1. The number of aromatic nitrogens is 2. The first-order valence-corrected chi connectivity index (χ1v) is 6.70. The van der Waals surface area contributed by atoms with Crippen molar-refractivity contribution in [2.45, 2.75) is 6.92 Å². The molecule has 3 aromatic rings. The number of hydrogen-bond donors (Lipinski definition) is 1. The number of aryl methyl sites for hydroxylation is 1. The molecule has 0 saturated heterocycles. The maximum atomic E-state index is 13.4. The molecule has 0 unspecified atom stereocenters. The first kappa shape index (κ1) is 12.8. The zero-order valence-electron chi connectivity index (χ0n) is 10.9. The molecule has 2 nitrogen and oxygen atoms in total. The van der Waals surface area contributed by atoms with E-state index in [4.69, 9.17) is 12.2 Å². The summed E-state index contributed by atoms with van der Waals surface area (Å²) in [5.74, 6) is -0.211. The number of H-pyrrole nitrogens is 1. The Morgan fingerprint density at radius 1 is 1.10 bits per heavy atom. The lowest BCUT2D eigenvalue weighted by atomic mass is 10.1. The Morgan fingerprint density at radius 2 is 1.85 bits per heavy atom. The number of aromatic amines is 1. The minimum Gasteiger partial charge on any atom is -0.336 e. The summed E-state index contributed by atoms with van der Waals surface area (Å²) < 4.78 is 15.9. The van der Waals surface area contributed by atoms with Crippen molar-refractivity contribution in [1.82, 2.24) is 9.55 Å². The summed E-state index contributed by atoms with van der Waals surface area (Å²) in [7, 11) is 0. The summed E-state index contributed by atoms with van der Waals surface area (Å²) in [5, 5.41) is 0. The van der Waals surface area contributed by atoms with Gasteiger partial charge in [-0.3, -0.25) is 4.57 Å². The molecule has 0 atom stereocenters. The molecule has 3 rings (SSSR count). The molecular weight excluding hydrogens is 271 g/mol. The Labute approximate surface area is 121 Å². The second-order valence-electron chi connectivity index (χ2n) is 4.61. The summed E-state index contributed by atoms with van der Waals surface area (Å²) >= 11 is 5.34. The van der Waals surface area contributed by atoms with E-state index < -0.39 is 0 Å². The van der Waals surface area contributed by atoms with Gasteiger partial charge < -0.3 is 4.98 Å². The maximum absolute atomic E-state index is 13.4. The van der Waals surface area contributed by atoms with E-state index in [1.54, 1.807) is 19.1 Å². The van der Waals surface area contributed by atoms with Crippen LogP contribution in [0.1, 0.15) is 5.56 Å². The minimum atomic E-state index is -0.211. The molecule has 0 aliphatic heterocycles. The van der Waals surface area contributed by atoms with Gasteiger partial charge in [-0.25, -0.2) is 4.39 Å². The number of hydrogen-bond acceptors (Lipinski definition) is 1. The van der Waals surface area contributed by atoms with Crippen LogP contribution in [0.15, 0.2) is 54.7 Å². The Hall–Kier alpha value is -2.20. The van der Waals surface area contributed by atoms with Gasteiger partial charge in [-0.15, -0.1) is 0 Å². The van der Waals surface area contributed by atoms with Gasteiger partial charge in [0.1, 0.15) is 5.82 Å². The predicted octanol–water partition coefficient (Wildman–Crippen LogP) is 4.65. The van der Waals surface area contributed by atoms with Crippen LogP contribution in [0.25, 0.3) is 16.9 Å². The zero-order chi connectivity index (χ0) is 14.1. The van der Waals surface area contributed by atoms with Crippen molar-refractivity contribution in [2.24, 2.45) is 0 Å². The predicted molar refractivity (Wildman–Crippen MR) is 81.1 cm³/mol. The fraction of sp³-hybridized carbons (Fsp3) is 0.0625. The average Bonchev–Trinajstić information content (AvgIpc) is 2.85. The normalized spacial score (nSPS) is 10.7. The number of nitrogens with zero attached hydrogens (tertiary/aromatic N) is 1. The van der Waals surface area contributed by atoms with E-state index in [0.717, 1.165) is 16.9 Å². The quantitative estimate of drug-likeness (QED) is 0.679. The Morgan fingerprint density at radius 3 is 2.55 bits per heavy atom. The molecule has 0 amide bonds. The van der Waals surface area contributed by atoms with Gasteiger partial charge in [-0.1, -0.05) is 30.3 Å². The molecule has 0 saturated carbocycles. The van der Waals surface area contributed by atoms with Crippen LogP contribution in [0.3, 0.4) is 0 Å². The molecule has 0 aliphatic carbocycles. The highest BCUT2D eigenvalue weighted by Gasteiger charge is 2.09. The lowest BCUT2D eigenvalue weighted by Crippen LogP contribution is -1.98. The van der Waals surface area contributed by atoms with Crippen LogP contribution in [0.4, 0.5) is 4.39 Å². The van der Waals surface area contributed by atoms with E-state index in [1.165, 1.54) is 6.07 Å². The van der Waals surface area contributed by atoms with Crippen molar-refractivity contribution in [3.8, 4) is 16.9 Å². The van der Waals surface area contributed by atoms with E-state index in [9.17, 15) is 4.39 Å². The van der Waals surface area contributed by atoms with E-state index in [-0.39, 0.29) is 5.82 Å². The number of benzene rings is 2. The fourth-order valence-electron chi connectivity index (χ4n) is 2.21. The Balaban J connectivity index is 2.22. The van der Waals surface area contributed by atoms with Crippen molar-refractivity contribution in [3.05, 3.63) is 70.9 Å². The summed E-state index contributed by atoms with van der Waals surface area (Å²) in [6.45, 7) is 1.75. The van der Waals surface area contributed by atoms with Gasteiger partial charge in [0, 0.05) is 17.4 Å². The van der Waals surface area contributed by atoms with E-state index >= 15 is 0 Å². The summed E-state index contributed by atoms with van der Waals surface area (Å²) in [6.07, 6.45) is 1.87. The topological polar surface area (TPSA) is 20.7 Å². The number of halogens is 1. The van der Waals surface area contributed by atoms with Gasteiger partial charge >= 0.3 is 0 Å². The molecule has 2 aromatic carbocycles. The smallest absolute Gasteiger partial charge is 0.182 e. The number of rotatable bonds is 2. The molecule has 0 radical (unpaired) electrons. The van der Waals surface area contributed by atoms with Crippen LogP contribution in [0, 0.1) is 17.5 Å². The van der Waals surface area contributed by atoms with Crippen LogP contribution >= 0.6 is 12.2 Å². The fourth-order valence-corrected chi connectivity index (χ4v) is 2.48. The summed E-state index contributed by atoms with van der Waals surface area (Å²) in [6, 6.07) is 15.0.